The Balaban J connectivity index is 2.30. The highest BCUT2D eigenvalue weighted by Crippen LogP contribution is 2.31. The molecule has 1 N–H and O–H groups in total. The van der Waals surface area contributed by atoms with E-state index in [1.807, 2.05) is 13.0 Å². The molecule has 0 amide bonds. The summed E-state index contributed by atoms with van der Waals surface area (Å²) in [5, 5.41) is 10.2. The number of hydrogen-bond donors (Lipinski definition) is 1. The van der Waals surface area contributed by atoms with Gasteiger partial charge >= 0.3 is 0 Å². The van der Waals surface area contributed by atoms with E-state index in [2.05, 4.69) is 0 Å². The van der Waals surface area contributed by atoms with E-state index in [1.165, 1.54) is 23.3 Å². The predicted molar refractivity (Wildman–Crippen MR) is 88.2 cm³/mol. The zero-order valence-corrected chi connectivity index (χ0v) is 13.7. The zero-order chi connectivity index (χ0) is 16.6. The third-order valence-corrected chi connectivity index (χ3v) is 5.50. The minimum atomic E-state index is -3.83. The molecule has 0 saturated carbocycles. The van der Waals surface area contributed by atoms with Crippen molar-refractivity contribution in [3.63, 3.8) is 0 Å². The Hall–Kier alpha value is -2.31. The largest absolute Gasteiger partial charge is 0.495 e. The van der Waals surface area contributed by atoms with Crippen LogP contribution in [-0.2, 0) is 16.6 Å². The molecule has 0 aliphatic carbocycles. The molecule has 0 aliphatic rings. The molecule has 23 heavy (non-hydrogen) atoms. The van der Waals surface area contributed by atoms with Gasteiger partial charge in [0.25, 0.3) is 10.0 Å². The number of fused-ring (bicyclic) bond motifs is 1. The van der Waals surface area contributed by atoms with E-state index in [0.29, 0.717) is 22.2 Å². The van der Waals surface area contributed by atoms with Gasteiger partial charge in [-0.1, -0.05) is 24.3 Å². The third kappa shape index (κ3) is 2.50. The maximum absolute atomic E-state index is 13.1. The van der Waals surface area contributed by atoms with Gasteiger partial charge in [-0.15, -0.1) is 0 Å². The number of rotatable bonds is 4. The minimum absolute atomic E-state index is 0.0934. The van der Waals surface area contributed by atoms with Gasteiger partial charge in [-0.05, 0) is 30.7 Å². The van der Waals surface area contributed by atoms with E-state index in [1.54, 1.807) is 30.3 Å². The Labute approximate surface area is 134 Å². The summed E-state index contributed by atoms with van der Waals surface area (Å²) in [5.41, 5.74) is 2.00. The van der Waals surface area contributed by atoms with Gasteiger partial charge in [0.2, 0.25) is 0 Å². The van der Waals surface area contributed by atoms with Crippen LogP contribution in [0.15, 0.2) is 53.6 Å². The molecular formula is C17H17NO4S. The molecule has 0 saturated heterocycles. The van der Waals surface area contributed by atoms with Crippen molar-refractivity contribution in [3.8, 4) is 5.75 Å². The van der Waals surface area contributed by atoms with Crippen LogP contribution in [0.3, 0.4) is 0 Å². The van der Waals surface area contributed by atoms with Crippen LogP contribution in [0.1, 0.15) is 11.1 Å². The lowest BCUT2D eigenvalue weighted by Gasteiger charge is -2.12. The maximum atomic E-state index is 13.1. The van der Waals surface area contributed by atoms with Gasteiger partial charge < -0.3 is 9.84 Å². The van der Waals surface area contributed by atoms with Gasteiger partial charge in [0.05, 0.1) is 19.2 Å². The fourth-order valence-electron chi connectivity index (χ4n) is 2.64. The molecule has 6 heteroatoms. The predicted octanol–water partition coefficient (Wildman–Crippen LogP) is 2.69. The van der Waals surface area contributed by atoms with Crippen LogP contribution in [-0.4, -0.2) is 24.6 Å². The molecule has 0 atom stereocenters. The Morgan fingerprint density at radius 3 is 2.61 bits per heavy atom. The van der Waals surface area contributed by atoms with Crippen LogP contribution >= 0.6 is 0 Å². The van der Waals surface area contributed by atoms with Crippen LogP contribution in [0.2, 0.25) is 0 Å². The summed E-state index contributed by atoms with van der Waals surface area (Å²) in [5.74, 6) is 0.299. The van der Waals surface area contributed by atoms with E-state index in [9.17, 15) is 13.5 Å². The molecule has 0 aliphatic heterocycles. The number of benzene rings is 2. The molecule has 1 aromatic heterocycles. The van der Waals surface area contributed by atoms with Crippen LogP contribution in [0.25, 0.3) is 10.9 Å². The number of aliphatic hydroxyl groups excluding tert-OH is 1. The zero-order valence-electron chi connectivity index (χ0n) is 12.9. The van der Waals surface area contributed by atoms with Crippen molar-refractivity contribution < 1.29 is 18.3 Å². The first-order valence-electron chi connectivity index (χ1n) is 7.09. The number of nitrogens with zero attached hydrogens (tertiary/aromatic N) is 1. The number of ether oxygens (including phenoxy) is 1. The monoisotopic (exact) mass is 331 g/mol. The van der Waals surface area contributed by atoms with Gasteiger partial charge in [0.15, 0.2) is 0 Å². The highest BCUT2D eigenvalue weighted by atomic mass is 32.2. The molecule has 3 rings (SSSR count). The van der Waals surface area contributed by atoms with E-state index < -0.39 is 10.0 Å². The summed E-state index contributed by atoms with van der Waals surface area (Å²) in [6.07, 6.45) is 1.46. The van der Waals surface area contributed by atoms with Crippen LogP contribution in [0, 0.1) is 6.92 Å². The van der Waals surface area contributed by atoms with Crippen molar-refractivity contribution in [1.29, 1.82) is 0 Å². The second-order valence-corrected chi connectivity index (χ2v) is 7.07. The SMILES string of the molecule is COc1cc(C)ccc1S(=O)(=O)n1cc(CO)c2ccccc21. The van der Waals surface area contributed by atoms with E-state index in [4.69, 9.17) is 4.74 Å². The second kappa shape index (κ2) is 5.72. The summed E-state index contributed by atoms with van der Waals surface area (Å²) >= 11 is 0. The highest BCUT2D eigenvalue weighted by Gasteiger charge is 2.24. The number of para-hydroxylation sites is 1. The summed E-state index contributed by atoms with van der Waals surface area (Å²) in [4.78, 5) is 0.0934. The summed E-state index contributed by atoms with van der Waals surface area (Å²) in [6.45, 7) is 1.64. The van der Waals surface area contributed by atoms with Gasteiger partial charge in [-0.25, -0.2) is 12.4 Å². The van der Waals surface area contributed by atoms with E-state index in [0.717, 1.165) is 5.56 Å². The van der Waals surface area contributed by atoms with E-state index in [-0.39, 0.29) is 11.5 Å². The molecule has 0 fully saturated rings. The average molecular weight is 331 g/mol. The lowest BCUT2D eigenvalue weighted by Crippen LogP contribution is -2.13. The van der Waals surface area contributed by atoms with Gasteiger partial charge in [0.1, 0.15) is 10.6 Å². The molecule has 0 radical (unpaired) electrons. The number of aryl methyl sites for hydroxylation is 1. The second-order valence-electron chi connectivity index (χ2n) is 5.28. The molecule has 2 aromatic carbocycles. The number of methoxy groups -OCH3 is 1. The minimum Gasteiger partial charge on any atom is -0.495 e. The molecule has 5 nitrogen and oxygen atoms in total. The average Bonchev–Trinajstić information content (AvgIpc) is 2.94. The molecule has 0 bridgehead atoms. The molecule has 120 valence electrons. The standard InChI is InChI=1S/C17H17NO4S/c1-12-7-8-17(16(9-12)22-2)23(20,21)18-10-13(11-19)14-5-3-4-6-15(14)18/h3-10,19H,11H2,1-2H3. The van der Waals surface area contributed by atoms with Gasteiger partial charge in [-0.2, -0.15) is 0 Å². The van der Waals surface area contributed by atoms with Crippen molar-refractivity contribution in [2.24, 2.45) is 0 Å². The summed E-state index contributed by atoms with van der Waals surface area (Å²) < 4.78 is 32.6. The molecule has 0 spiro atoms. The lowest BCUT2D eigenvalue weighted by molar-refractivity contribution is 0.283. The Kier molecular flexibility index (Phi) is 3.87. The molecular weight excluding hydrogens is 314 g/mol. The Bertz CT molecular complexity index is 973. The van der Waals surface area contributed by atoms with Crippen LogP contribution in [0.5, 0.6) is 5.75 Å². The first-order chi connectivity index (χ1) is 11.0. The molecule has 1 heterocycles. The maximum Gasteiger partial charge on any atom is 0.271 e. The van der Waals surface area contributed by atoms with Crippen LogP contribution < -0.4 is 4.74 Å². The fourth-order valence-corrected chi connectivity index (χ4v) is 4.17. The summed E-state index contributed by atoms with van der Waals surface area (Å²) in [7, 11) is -2.39. The van der Waals surface area contributed by atoms with Crippen molar-refractivity contribution in [2.75, 3.05) is 7.11 Å². The summed E-state index contributed by atoms with van der Waals surface area (Å²) in [6, 6.07) is 12.0. The molecule has 3 aromatic rings. The van der Waals surface area contributed by atoms with Gasteiger partial charge in [-0.3, -0.25) is 0 Å². The number of hydrogen-bond acceptors (Lipinski definition) is 4. The molecule has 0 unspecified atom stereocenters. The quantitative estimate of drug-likeness (QED) is 0.798. The first kappa shape index (κ1) is 15.6. The van der Waals surface area contributed by atoms with E-state index >= 15 is 0 Å². The Morgan fingerprint density at radius 2 is 1.91 bits per heavy atom. The van der Waals surface area contributed by atoms with Gasteiger partial charge in [0, 0.05) is 17.1 Å². The van der Waals surface area contributed by atoms with Crippen molar-refractivity contribution >= 4 is 20.9 Å². The number of aromatic nitrogens is 1. The fraction of sp³-hybridized carbons (Fsp3) is 0.176. The highest BCUT2D eigenvalue weighted by molar-refractivity contribution is 7.90. The topological polar surface area (TPSA) is 68.5 Å². The van der Waals surface area contributed by atoms with Crippen molar-refractivity contribution in [3.05, 3.63) is 59.8 Å². The first-order valence-corrected chi connectivity index (χ1v) is 8.53. The van der Waals surface area contributed by atoms with Crippen LogP contribution in [0.4, 0.5) is 0 Å². The number of aliphatic hydroxyl groups is 1. The Morgan fingerprint density at radius 1 is 1.17 bits per heavy atom. The van der Waals surface area contributed by atoms with Crippen molar-refractivity contribution in [2.45, 2.75) is 18.4 Å². The normalized spacial score (nSPS) is 11.8. The lowest BCUT2D eigenvalue weighted by atomic mass is 10.2. The third-order valence-electron chi connectivity index (χ3n) is 3.79. The smallest absolute Gasteiger partial charge is 0.271 e. The van der Waals surface area contributed by atoms with Crippen molar-refractivity contribution in [1.82, 2.24) is 3.97 Å².